The summed E-state index contributed by atoms with van der Waals surface area (Å²) in [6, 6.07) is 0. The topological polar surface area (TPSA) is 84.1 Å². The molecule has 6 nitrogen and oxygen atoms in total. The third-order valence-corrected chi connectivity index (χ3v) is 4.52. The van der Waals surface area contributed by atoms with E-state index in [4.69, 9.17) is 4.74 Å². The van der Waals surface area contributed by atoms with Gasteiger partial charge in [-0.15, -0.1) is 0 Å². The monoisotopic (exact) mass is 259 g/mol. The Hall–Kier alpha value is -0.920. The summed E-state index contributed by atoms with van der Waals surface area (Å²) in [5.74, 6) is 0. The molecule has 1 aliphatic rings. The standard InChI is InChI=1S/C10H17N3O3S/c1-16-5-4-10(2-3-10)7-13-17(14,15)9-6-11-8-12-9/h6,8,13H,2-5,7H2,1H3,(H,11,12). The summed E-state index contributed by atoms with van der Waals surface area (Å²) in [6.07, 6.45) is 5.67. The highest BCUT2D eigenvalue weighted by atomic mass is 32.2. The van der Waals surface area contributed by atoms with Gasteiger partial charge in [0, 0.05) is 20.3 Å². The molecule has 1 aliphatic carbocycles. The first kappa shape index (κ1) is 12.5. The number of hydrogen-bond donors (Lipinski definition) is 2. The van der Waals surface area contributed by atoms with Gasteiger partial charge in [0.25, 0.3) is 10.0 Å². The third-order valence-electron chi connectivity index (χ3n) is 3.19. The molecule has 1 aromatic rings. The maximum atomic E-state index is 11.8. The number of aromatic amines is 1. The van der Waals surface area contributed by atoms with Crippen LogP contribution in [-0.2, 0) is 14.8 Å². The van der Waals surface area contributed by atoms with E-state index in [0.717, 1.165) is 19.3 Å². The molecule has 0 aliphatic heterocycles. The summed E-state index contributed by atoms with van der Waals surface area (Å²) in [7, 11) is -1.79. The Balaban J connectivity index is 1.90. The highest BCUT2D eigenvalue weighted by Gasteiger charge is 2.42. The molecule has 7 heteroatoms. The van der Waals surface area contributed by atoms with Gasteiger partial charge in [0.1, 0.15) is 0 Å². The van der Waals surface area contributed by atoms with Crippen LogP contribution in [0.5, 0.6) is 0 Å². The molecule has 0 unspecified atom stereocenters. The van der Waals surface area contributed by atoms with Crippen molar-refractivity contribution < 1.29 is 13.2 Å². The van der Waals surface area contributed by atoms with Crippen LogP contribution >= 0.6 is 0 Å². The Morgan fingerprint density at radius 1 is 1.59 bits per heavy atom. The van der Waals surface area contributed by atoms with Crippen molar-refractivity contribution in [3.05, 3.63) is 12.5 Å². The highest BCUT2D eigenvalue weighted by Crippen LogP contribution is 2.48. The normalized spacial score (nSPS) is 18.2. The van der Waals surface area contributed by atoms with E-state index in [0.29, 0.717) is 13.2 Å². The number of methoxy groups -OCH3 is 1. The Morgan fingerprint density at radius 3 is 2.88 bits per heavy atom. The lowest BCUT2D eigenvalue weighted by atomic mass is 10.0. The van der Waals surface area contributed by atoms with Crippen molar-refractivity contribution in [1.82, 2.24) is 14.7 Å². The summed E-state index contributed by atoms with van der Waals surface area (Å²) in [4.78, 5) is 6.29. The van der Waals surface area contributed by atoms with Gasteiger partial charge in [0.2, 0.25) is 0 Å². The predicted molar refractivity (Wildman–Crippen MR) is 61.9 cm³/mol. The number of ether oxygens (including phenoxy) is 1. The first-order valence-electron chi connectivity index (χ1n) is 5.55. The van der Waals surface area contributed by atoms with Crippen molar-refractivity contribution in [2.24, 2.45) is 5.41 Å². The van der Waals surface area contributed by atoms with E-state index >= 15 is 0 Å². The molecule has 0 bridgehead atoms. The number of nitrogens with zero attached hydrogens (tertiary/aromatic N) is 1. The SMILES string of the molecule is COCCC1(CNS(=O)(=O)c2cnc[nH]2)CC1. The molecule has 1 fully saturated rings. The number of H-pyrrole nitrogens is 1. The molecule has 0 amide bonds. The second-order valence-corrected chi connectivity index (χ2v) is 6.22. The first-order chi connectivity index (χ1) is 8.08. The number of imidazole rings is 1. The van der Waals surface area contributed by atoms with Crippen LogP contribution in [0.15, 0.2) is 17.6 Å². The average Bonchev–Trinajstić information content (AvgIpc) is 2.85. The van der Waals surface area contributed by atoms with Crippen molar-refractivity contribution >= 4 is 10.0 Å². The summed E-state index contributed by atoms with van der Waals surface area (Å²) in [5, 5.41) is 0.111. The van der Waals surface area contributed by atoms with Crippen LogP contribution in [0.4, 0.5) is 0 Å². The molecular formula is C10H17N3O3S. The van der Waals surface area contributed by atoms with Crippen molar-refractivity contribution in [3.63, 3.8) is 0 Å². The van der Waals surface area contributed by atoms with E-state index in [2.05, 4.69) is 14.7 Å². The molecular weight excluding hydrogens is 242 g/mol. The van der Waals surface area contributed by atoms with Crippen LogP contribution < -0.4 is 4.72 Å². The van der Waals surface area contributed by atoms with Gasteiger partial charge in [-0.1, -0.05) is 0 Å². The van der Waals surface area contributed by atoms with Gasteiger partial charge >= 0.3 is 0 Å². The summed E-state index contributed by atoms with van der Waals surface area (Å²) in [6.45, 7) is 1.14. The minimum absolute atomic E-state index is 0.100. The van der Waals surface area contributed by atoms with Crippen LogP contribution in [0.2, 0.25) is 0 Å². The smallest absolute Gasteiger partial charge is 0.257 e. The quantitative estimate of drug-likeness (QED) is 0.747. The van der Waals surface area contributed by atoms with Crippen LogP contribution in [-0.4, -0.2) is 38.6 Å². The molecule has 0 atom stereocenters. The largest absolute Gasteiger partial charge is 0.385 e. The Morgan fingerprint density at radius 2 is 2.35 bits per heavy atom. The third kappa shape index (κ3) is 3.05. The zero-order valence-corrected chi connectivity index (χ0v) is 10.6. The number of nitrogens with one attached hydrogen (secondary N) is 2. The van der Waals surface area contributed by atoms with Crippen molar-refractivity contribution in [2.45, 2.75) is 24.3 Å². The van der Waals surface area contributed by atoms with Crippen LogP contribution in [0, 0.1) is 5.41 Å². The van der Waals surface area contributed by atoms with Crippen molar-refractivity contribution in [1.29, 1.82) is 0 Å². The average molecular weight is 259 g/mol. The lowest BCUT2D eigenvalue weighted by Gasteiger charge is -2.14. The van der Waals surface area contributed by atoms with Gasteiger partial charge in [-0.05, 0) is 24.7 Å². The van der Waals surface area contributed by atoms with E-state index < -0.39 is 10.0 Å². The van der Waals surface area contributed by atoms with E-state index in [9.17, 15) is 8.42 Å². The summed E-state index contributed by atoms with van der Waals surface area (Å²) in [5.41, 5.74) is 0.100. The number of rotatable bonds is 7. The van der Waals surface area contributed by atoms with Gasteiger partial charge in [0.05, 0.1) is 12.5 Å². The fraction of sp³-hybridized carbons (Fsp3) is 0.700. The zero-order chi connectivity index (χ0) is 12.4. The molecule has 1 saturated carbocycles. The van der Waals surface area contributed by atoms with Gasteiger partial charge in [-0.2, -0.15) is 0 Å². The van der Waals surface area contributed by atoms with Crippen LogP contribution in [0.1, 0.15) is 19.3 Å². The molecule has 1 aromatic heterocycles. The molecule has 1 heterocycles. The first-order valence-corrected chi connectivity index (χ1v) is 7.03. The second-order valence-electron chi connectivity index (χ2n) is 4.48. The fourth-order valence-electron chi connectivity index (χ4n) is 1.73. The predicted octanol–water partition coefficient (Wildman–Crippen LogP) is 0.505. The minimum Gasteiger partial charge on any atom is -0.385 e. The fourth-order valence-corrected chi connectivity index (χ4v) is 2.79. The molecule has 96 valence electrons. The van der Waals surface area contributed by atoms with E-state index in [-0.39, 0.29) is 10.4 Å². The van der Waals surface area contributed by atoms with E-state index in [1.165, 1.54) is 12.5 Å². The number of sulfonamides is 1. The second kappa shape index (κ2) is 4.75. The molecule has 0 spiro atoms. The van der Waals surface area contributed by atoms with Gasteiger partial charge in [-0.25, -0.2) is 18.1 Å². The molecule has 2 rings (SSSR count). The summed E-state index contributed by atoms with van der Waals surface area (Å²) >= 11 is 0. The molecule has 17 heavy (non-hydrogen) atoms. The highest BCUT2D eigenvalue weighted by molar-refractivity contribution is 7.89. The zero-order valence-electron chi connectivity index (χ0n) is 9.77. The van der Waals surface area contributed by atoms with E-state index in [1.54, 1.807) is 7.11 Å². The van der Waals surface area contributed by atoms with Gasteiger partial charge in [-0.3, -0.25) is 0 Å². The number of hydrogen-bond acceptors (Lipinski definition) is 4. The lowest BCUT2D eigenvalue weighted by molar-refractivity contribution is 0.173. The van der Waals surface area contributed by atoms with Crippen molar-refractivity contribution in [3.8, 4) is 0 Å². The molecule has 0 saturated heterocycles. The van der Waals surface area contributed by atoms with Crippen LogP contribution in [0.3, 0.4) is 0 Å². The molecule has 0 radical (unpaired) electrons. The molecule has 0 aromatic carbocycles. The lowest BCUT2D eigenvalue weighted by Crippen LogP contribution is -2.31. The Labute approximate surface area is 101 Å². The maximum Gasteiger partial charge on any atom is 0.257 e. The minimum atomic E-state index is -3.44. The maximum absolute atomic E-state index is 11.8. The Bertz CT molecular complexity index is 451. The number of aromatic nitrogens is 2. The molecule has 2 N–H and O–H groups in total. The van der Waals surface area contributed by atoms with Gasteiger partial charge in [0.15, 0.2) is 5.03 Å². The van der Waals surface area contributed by atoms with E-state index in [1.807, 2.05) is 0 Å². The van der Waals surface area contributed by atoms with Crippen LogP contribution in [0.25, 0.3) is 0 Å². The summed E-state index contributed by atoms with van der Waals surface area (Å²) < 4.78 is 31.3. The van der Waals surface area contributed by atoms with Gasteiger partial charge < -0.3 is 9.72 Å². The Kier molecular flexibility index (Phi) is 3.50. The van der Waals surface area contributed by atoms with Crippen molar-refractivity contribution in [2.75, 3.05) is 20.3 Å².